The quantitative estimate of drug-likeness (QED) is 0.426. The lowest BCUT2D eigenvalue weighted by molar-refractivity contribution is 0.0132. The highest BCUT2D eigenvalue weighted by molar-refractivity contribution is 7.80. The molecule has 31 heavy (non-hydrogen) atoms. The van der Waals surface area contributed by atoms with E-state index in [2.05, 4.69) is 21.2 Å². The SMILES string of the molecule is CCOC(=O)c1cccc(NC(=S)N2CCCC3=C[C@@H]4C[C@H](CN5CCCC[C@H]45)[C@@H]32)c1. The summed E-state index contributed by atoms with van der Waals surface area (Å²) in [5.41, 5.74) is 3.01. The average Bonchev–Trinajstić information content (AvgIpc) is 2.79. The first-order chi connectivity index (χ1) is 15.1. The highest BCUT2D eigenvalue weighted by Gasteiger charge is 2.46. The lowest BCUT2D eigenvalue weighted by atomic mass is 9.68. The van der Waals surface area contributed by atoms with Crippen molar-refractivity contribution in [2.24, 2.45) is 11.8 Å². The molecule has 3 saturated heterocycles. The molecule has 0 unspecified atom stereocenters. The molecule has 3 heterocycles. The second kappa shape index (κ2) is 8.91. The van der Waals surface area contributed by atoms with E-state index < -0.39 is 0 Å². The molecule has 3 aliphatic heterocycles. The van der Waals surface area contributed by atoms with Gasteiger partial charge in [0.15, 0.2) is 5.11 Å². The van der Waals surface area contributed by atoms with E-state index in [1.54, 1.807) is 11.6 Å². The standard InChI is InChI=1S/C25H33N3O2S/c1-2-30-24(29)18-7-5-9-21(15-18)26-25(31)28-12-6-8-17-13-19-14-20(23(17)28)16-27-11-4-3-10-22(19)27/h5,7,9,13,15,19-20,22-23H,2-4,6,8,10-12,14,16H2,1H3,(H,26,31)/t19-,20-,22-,23-/m1/s1. The number of esters is 1. The molecule has 0 radical (unpaired) electrons. The number of fused-ring (bicyclic) bond motifs is 6. The second-order valence-corrected chi connectivity index (χ2v) is 9.82. The van der Waals surface area contributed by atoms with Crippen molar-refractivity contribution in [1.29, 1.82) is 0 Å². The van der Waals surface area contributed by atoms with E-state index in [-0.39, 0.29) is 5.97 Å². The fourth-order valence-electron chi connectivity index (χ4n) is 6.33. The number of nitrogens with zero attached hydrogens (tertiary/aromatic N) is 2. The maximum absolute atomic E-state index is 12.1. The number of thiocarbonyl (C=S) groups is 1. The highest BCUT2D eigenvalue weighted by atomic mass is 32.1. The van der Waals surface area contributed by atoms with Gasteiger partial charge >= 0.3 is 5.97 Å². The van der Waals surface area contributed by atoms with Crippen molar-refractivity contribution in [3.05, 3.63) is 41.5 Å². The van der Waals surface area contributed by atoms with Crippen LogP contribution in [-0.4, -0.2) is 59.2 Å². The van der Waals surface area contributed by atoms with Crippen LogP contribution in [0.4, 0.5) is 5.69 Å². The van der Waals surface area contributed by atoms with Gasteiger partial charge < -0.3 is 15.0 Å². The van der Waals surface area contributed by atoms with E-state index in [4.69, 9.17) is 17.0 Å². The molecule has 5 nitrogen and oxygen atoms in total. The number of anilines is 1. The molecule has 166 valence electrons. The molecule has 0 spiro atoms. The van der Waals surface area contributed by atoms with Crippen molar-refractivity contribution in [2.75, 3.05) is 31.6 Å². The summed E-state index contributed by atoms with van der Waals surface area (Å²) in [5, 5.41) is 4.19. The molecule has 0 aromatic heterocycles. The molecule has 0 saturated carbocycles. The molecule has 4 aliphatic rings. The summed E-state index contributed by atoms with van der Waals surface area (Å²) in [5.74, 6) is 1.09. The number of nitrogens with one attached hydrogen (secondary N) is 1. The molecule has 1 N–H and O–H groups in total. The van der Waals surface area contributed by atoms with Crippen molar-refractivity contribution in [1.82, 2.24) is 9.80 Å². The van der Waals surface area contributed by atoms with Gasteiger partial charge in [-0.05, 0) is 87.8 Å². The number of ether oxygens (including phenoxy) is 1. The number of piperidine rings is 3. The third-order valence-corrected chi connectivity index (χ3v) is 7.88. The van der Waals surface area contributed by atoms with Crippen LogP contribution in [0.5, 0.6) is 0 Å². The van der Waals surface area contributed by atoms with E-state index in [0.29, 0.717) is 24.1 Å². The van der Waals surface area contributed by atoms with Crippen LogP contribution >= 0.6 is 12.2 Å². The number of hydrogen-bond acceptors (Lipinski definition) is 4. The Morgan fingerprint density at radius 2 is 2.16 bits per heavy atom. The Labute approximate surface area is 190 Å². The predicted molar refractivity (Wildman–Crippen MR) is 127 cm³/mol. The van der Waals surface area contributed by atoms with E-state index in [1.807, 2.05) is 25.1 Å². The van der Waals surface area contributed by atoms with Crippen molar-refractivity contribution < 1.29 is 9.53 Å². The summed E-state index contributed by atoms with van der Waals surface area (Å²) in [6.45, 7) is 5.66. The van der Waals surface area contributed by atoms with E-state index in [1.165, 1.54) is 45.2 Å². The zero-order chi connectivity index (χ0) is 21.4. The molecule has 0 amide bonds. The molecule has 1 aromatic carbocycles. The zero-order valence-corrected chi connectivity index (χ0v) is 19.2. The van der Waals surface area contributed by atoms with Crippen LogP contribution in [0.3, 0.4) is 0 Å². The maximum Gasteiger partial charge on any atom is 0.338 e. The molecule has 5 rings (SSSR count). The zero-order valence-electron chi connectivity index (χ0n) is 18.4. The largest absolute Gasteiger partial charge is 0.462 e. The Morgan fingerprint density at radius 1 is 1.26 bits per heavy atom. The Morgan fingerprint density at radius 3 is 3.03 bits per heavy atom. The first-order valence-electron chi connectivity index (χ1n) is 11.9. The molecular weight excluding hydrogens is 406 g/mol. The molecule has 1 aliphatic carbocycles. The molecular formula is C25H33N3O2S. The average molecular weight is 440 g/mol. The fourth-order valence-corrected chi connectivity index (χ4v) is 6.66. The van der Waals surface area contributed by atoms with E-state index in [0.717, 1.165) is 35.7 Å². The summed E-state index contributed by atoms with van der Waals surface area (Å²) in [4.78, 5) is 17.3. The van der Waals surface area contributed by atoms with Gasteiger partial charge in [-0.2, -0.15) is 0 Å². The second-order valence-electron chi connectivity index (χ2n) is 9.43. The van der Waals surface area contributed by atoms with Gasteiger partial charge in [-0.15, -0.1) is 0 Å². The molecule has 4 atom stereocenters. The Balaban J connectivity index is 1.34. The van der Waals surface area contributed by atoms with Crippen LogP contribution in [0, 0.1) is 11.8 Å². The van der Waals surface area contributed by atoms with Crippen molar-refractivity contribution in [3.63, 3.8) is 0 Å². The Kier molecular flexibility index (Phi) is 6.02. The van der Waals surface area contributed by atoms with Crippen molar-refractivity contribution in [3.8, 4) is 0 Å². The van der Waals surface area contributed by atoms with Gasteiger partial charge in [0.25, 0.3) is 0 Å². The van der Waals surface area contributed by atoms with Gasteiger partial charge in [-0.25, -0.2) is 4.79 Å². The number of benzene rings is 1. The number of carbonyl (C=O) groups excluding carboxylic acids is 1. The molecule has 3 fully saturated rings. The van der Waals surface area contributed by atoms with Crippen LogP contribution in [0.25, 0.3) is 0 Å². The van der Waals surface area contributed by atoms with Gasteiger partial charge in [0.05, 0.1) is 18.2 Å². The lowest BCUT2D eigenvalue weighted by Gasteiger charge is -2.55. The monoisotopic (exact) mass is 439 g/mol. The molecule has 1 aromatic rings. The van der Waals surface area contributed by atoms with Crippen LogP contribution in [0.1, 0.15) is 55.8 Å². The van der Waals surface area contributed by atoms with Crippen LogP contribution < -0.4 is 5.32 Å². The Hall–Kier alpha value is -1.92. The highest BCUT2D eigenvalue weighted by Crippen LogP contribution is 2.45. The number of hydrogen-bond donors (Lipinski definition) is 1. The molecule has 6 heteroatoms. The molecule has 2 bridgehead atoms. The summed E-state index contributed by atoms with van der Waals surface area (Å²) >= 11 is 5.91. The normalized spacial score (nSPS) is 30.0. The van der Waals surface area contributed by atoms with Gasteiger partial charge in [-0.1, -0.05) is 24.1 Å². The van der Waals surface area contributed by atoms with E-state index >= 15 is 0 Å². The smallest absolute Gasteiger partial charge is 0.338 e. The Bertz CT molecular complexity index is 885. The van der Waals surface area contributed by atoms with Crippen LogP contribution in [-0.2, 0) is 4.74 Å². The minimum atomic E-state index is -0.295. The lowest BCUT2D eigenvalue weighted by Crippen LogP contribution is -2.60. The number of rotatable bonds is 3. The summed E-state index contributed by atoms with van der Waals surface area (Å²) in [6, 6.07) is 8.64. The van der Waals surface area contributed by atoms with Gasteiger partial charge in [-0.3, -0.25) is 4.90 Å². The van der Waals surface area contributed by atoms with Gasteiger partial charge in [0.2, 0.25) is 0 Å². The maximum atomic E-state index is 12.1. The third-order valence-electron chi connectivity index (χ3n) is 7.54. The van der Waals surface area contributed by atoms with E-state index in [9.17, 15) is 4.79 Å². The topological polar surface area (TPSA) is 44.8 Å². The minimum absolute atomic E-state index is 0.295. The van der Waals surface area contributed by atoms with Crippen LogP contribution in [0.2, 0.25) is 0 Å². The third kappa shape index (κ3) is 4.12. The summed E-state index contributed by atoms with van der Waals surface area (Å²) < 4.78 is 5.14. The fraction of sp³-hybridized carbons (Fsp3) is 0.600. The van der Waals surface area contributed by atoms with Crippen molar-refractivity contribution >= 4 is 29.0 Å². The summed E-state index contributed by atoms with van der Waals surface area (Å²) in [6.07, 6.45) is 10.4. The summed E-state index contributed by atoms with van der Waals surface area (Å²) in [7, 11) is 0. The first kappa shape index (κ1) is 21.0. The number of likely N-dealkylation sites (tertiary alicyclic amines) is 1. The van der Waals surface area contributed by atoms with Crippen LogP contribution in [0.15, 0.2) is 35.9 Å². The van der Waals surface area contributed by atoms with Gasteiger partial charge in [0.1, 0.15) is 0 Å². The number of carbonyl (C=O) groups is 1. The first-order valence-corrected chi connectivity index (χ1v) is 12.3. The minimum Gasteiger partial charge on any atom is -0.462 e. The van der Waals surface area contributed by atoms with Crippen molar-refractivity contribution in [2.45, 2.75) is 57.5 Å². The predicted octanol–water partition coefficient (Wildman–Crippen LogP) is 4.46. The van der Waals surface area contributed by atoms with Gasteiger partial charge in [0, 0.05) is 24.8 Å².